The molecule has 1 N–H and O–H groups in total. The van der Waals surface area contributed by atoms with Crippen molar-refractivity contribution in [2.24, 2.45) is 0 Å². The monoisotopic (exact) mass is 356 g/mol. The number of carbonyl (C=O) groups is 1. The van der Waals surface area contributed by atoms with Crippen LogP contribution in [-0.4, -0.2) is 64.3 Å². The number of nitrogens with zero attached hydrogens (tertiary/aromatic N) is 1. The molecule has 0 saturated carbocycles. The van der Waals surface area contributed by atoms with Gasteiger partial charge in [0.25, 0.3) is 0 Å². The maximum Gasteiger partial charge on any atom is 0.221 e. The summed E-state index contributed by atoms with van der Waals surface area (Å²) in [6, 6.07) is 7.61. The minimum atomic E-state index is -3.38. The Kier molecular flexibility index (Phi) is 7.01. The van der Waals surface area contributed by atoms with E-state index in [0.717, 1.165) is 11.3 Å². The van der Waals surface area contributed by atoms with Crippen LogP contribution in [-0.2, 0) is 26.0 Å². The maximum atomic E-state index is 12.1. The van der Waals surface area contributed by atoms with Gasteiger partial charge >= 0.3 is 0 Å². The number of carbonyl (C=O) groups excluding carboxylic acids is 1. The molecule has 2 rings (SSSR count). The number of hydrogen-bond donors (Lipinski definition) is 1. The lowest BCUT2D eigenvalue weighted by atomic mass is 10.1. The minimum absolute atomic E-state index is 0.0255. The number of amides is 1. The van der Waals surface area contributed by atoms with Crippen molar-refractivity contribution >= 4 is 15.9 Å². The summed E-state index contributed by atoms with van der Waals surface area (Å²) in [5.74, 6) is 0.373. The van der Waals surface area contributed by atoms with E-state index in [1.54, 1.807) is 7.11 Å². The third-order valence-electron chi connectivity index (χ3n) is 3.85. The number of benzene rings is 1. The van der Waals surface area contributed by atoms with Crippen LogP contribution in [0.25, 0.3) is 0 Å². The first kappa shape index (κ1) is 18.7. The van der Waals surface area contributed by atoms with Gasteiger partial charge in [0.1, 0.15) is 5.75 Å². The molecule has 0 aromatic heterocycles. The molecule has 1 saturated heterocycles. The van der Waals surface area contributed by atoms with Crippen LogP contribution in [0.2, 0.25) is 0 Å². The Morgan fingerprint density at radius 3 is 2.54 bits per heavy atom. The number of nitrogens with one attached hydrogen (secondary N) is 1. The molecular weight excluding hydrogens is 332 g/mol. The molecule has 1 amide bonds. The quantitative estimate of drug-likeness (QED) is 0.729. The van der Waals surface area contributed by atoms with Crippen molar-refractivity contribution in [2.75, 3.05) is 45.7 Å². The van der Waals surface area contributed by atoms with Crippen molar-refractivity contribution in [2.45, 2.75) is 12.8 Å². The predicted octanol–water partition coefficient (Wildman–Crippen LogP) is 0.406. The first-order chi connectivity index (χ1) is 11.5. The van der Waals surface area contributed by atoms with Gasteiger partial charge in [0.05, 0.1) is 26.1 Å². The molecule has 1 aliphatic rings. The first-order valence-electron chi connectivity index (χ1n) is 7.96. The minimum Gasteiger partial charge on any atom is -0.497 e. The van der Waals surface area contributed by atoms with E-state index in [2.05, 4.69) is 5.32 Å². The van der Waals surface area contributed by atoms with Crippen LogP contribution in [0.1, 0.15) is 12.0 Å². The number of methoxy groups -OCH3 is 1. The molecule has 134 valence electrons. The van der Waals surface area contributed by atoms with Crippen molar-refractivity contribution in [3.05, 3.63) is 29.8 Å². The van der Waals surface area contributed by atoms with Gasteiger partial charge in [0.2, 0.25) is 15.9 Å². The Morgan fingerprint density at radius 1 is 1.25 bits per heavy atom. The Bertz CT molecular complexity index is 624. The van der Waals surface area contributed by atoms with E-state index in [0.29, 0.717) is 39.3 Å². The first-order valence-corrected chi connectivity index (χ1v) is 9.57. The number of hydrogen-bond acceptors (Lipinski definition) is 5. The van der Waals surface area contributed by atoms with E-state index in [-0.39, 0.29) is 18.1 Å². The Labute approximate surface area is 143 Å². The van der Waals surface area contributed by atoms with Gasteiger partial charge in [0, 0.05) is 26.1 Å². The molecule has 0 bridgehead atoms. The Morgan fingerprint density at radius 2 is 1.92 bits per heavy atom. The van der Waals surface area contributed by atoms with Gasteiger partial charge in [-0.1, -0.05) is 12.1 Å². The third-order valence-corrected chi connectivity index (χ3v) is 5.72. The maximum absolute atomic E-state index is 12.1. The summed E-state index contributed by atoms with van der Waals surface area (Å²) < 4.78 is 35.9. The number of rotatable bonds is 8. The van der Waals surface area contributed by atoms with E-state index in [4.69, 9.17) is 9.47 Å². The van der Waals surface area contributed by atoms with Gasteiger partial charge < -0.3 is 14.8 Å². The average Bonchev–Trinajstić information content (AvgIpc) is 2.61. The molecule has 1 aromatic carbocycles. The van der Waals surface area contributed by atoms with Gasteiger partial charge in [-0.05, 0) is 24.1 Å². The van der Waals surface area contributed by atoms with Crippen LogP contribution >= 0.6 is 0 Å². The largest absolute Gasteiger partial charge is 0.497 e. The molecule has 1 heterocycles. The van der Waals surface area contributed by atoms with Crippen molar-refractivity contribution in [3.8, 4) is 5.75 Å². The highest BCUT2D eigenvalue weighted by Crippen LogP contribution is 2.11. The fraction of sp³-hybridized carbons (Fsp3) is 0.562. The molecule has 0 atom stereocenters. The van der Waals surface area contributed by atoms with Gasteiger partial charge in [-0.25, -0.2) is 8.42 Å². The van der Waals surface area contributed by atoms with Crippen LogP contribution in [0.3, 0.4) is 0 Å². The van der Waals surface area contributed by atoms with Crippen molar-refractivity contribution in [1.82, 2.24) is 9.62 Å². The highest BCUT2D eigenvalue weighted by molar-refractivity contribution is 7.89. The molecule has 0 radical (unpaired) electrons. The lowest BCUT2D eigenvalue weighted by Gasteiger charge is -2.25. The van der Waals surface area contributed by atoms with Crippen LogP contribution < -0.4 is 10.1 Å². The lowest BCUT2D eigenvalue weighted by Crippen LogP contribution is -2.42. The second-order valence-electron chi connectivity index (χ2n) is 5.53. The zero-order valence-electron chi connectivity index (χ0n) is 13.9. The summed E-state index contributed by atoms with van der Waals surface area (Å²) in [5, 5.41) is 2.76. The third kappa shape index (κ3) is 5.77. The molecule has 1 aliphatic heterocycles. The SMILES string of the molecule is COc1ccc(CCNC(=O)CCS(=O)(=O)N2CCOCC2)cc1. The van der Waals surface area contributed by atoms with Crippen molar-refractivity contribution in [3.63, 3.8) is 0 Å². The average molecular weight is 356 g/mol. The second kappa shape index (κ2) is 9.00. The second-order valence-corrected chi connectivity index (χ2v) is 7.61. The summed E-state index contributed by atoms with van der Waals surface area (Å²) in [7, 11) is -1.77. The van der Waals surface area contributed by atoms with Gasteiger partial charge in [0.15, 0.2) is 0 Å². The van der Waals surface area contributed by atoms with Crippen LogP contribution in [0.5, 0.6) is 5.75 Å². The van der Waals surface area contributed by atoms with Crippen LogP contribution in [0.4, 0.5) is 0 Å². The standard InChI is InChI=1S/C16H24N2O5S/c1-22-15-4-2-14(3-5-15)6-8-17-16(19)7-13-24(20,21)18-9-11-23-12-10-18/h2-5H,6-13H2,1H3,(H,17,19). The highest BCUT2D eigenvalue weighted by atomic mass is 32.2. The molecular formula is C16H24N2O5S. The topological polar surface area (TPSA) is 84.9 Å². The Hall–Kier alpha value is -1.64. The lowest BCUT2D eigenvalue weighted by molar-refractivity contribution is -0.120. The van der Waals surface area contributed by atoms with E-state index in [1.165, 1.54) is 4.31 Å². The summed E-state index contributed by atoms with van der Waals surface area (Å²) in [5.41, 5.74) is 1.08. The molecule has 24 heavy (non-hydrogen) atoms. The van der Waals surface area contributed by atoms with E-state index in [1.807, 2.05) is 24.3 Å². The van der Waals surface area contributed by atoms with Gasteiger partial charge in [-0.15, -0.1) is 0 Å². The number of ether oxygens (including phenoxy) is 2. The van der Waals surface area contributed by atoms with E-state index >= 15 is 0 Å². The Balaban J connectivity index is 1.69. The fourth-order valence-electron chi connectivity index (χ4n) is 2.40. The van der Waals surface area contributed by atoms with E-state index in [9.17, 15) is 13.2 Å². The molecule has 1 fully saturated rings. The molecule has 8 heteroatoms. The van der Waals surface area contributed by atoms with Crippen molar-refractivity contribution in [1.29, 1.82) is 0 Å². The smallest absolute Gasteiger partial charge is 0.221 e. The molecule has 0 spiro atoms. The molecule has 1 aromatic rings. The van der Waals surface area contributed by atoms with Gasteiger partial charge in [-0.2, -0.15) is 4.31 Å². The van der Waals surface area contributed by atoms with Crippen LogP contribution in [0, 0.1) is 0 Å². The summed E-state index contributed by atoms with van der Waals surface area (Å²) >= 11 is 0. The summed E-state index contributed by atoms with van der Waals surface area (Å²) in [4.78, 5) is 11.8. The number of morpholine rings is 1. The molecule has 7 nitrogen and oxygen atoms in total. The van der Waals surface area contributed by atoms with Crippen molar-refractivity contribution < 1.29 is 22.7 Å². The van der Waals surface area contributed by atoms with E-state index < -0.39 is 10.0 Å². The number of sulfonamides is 1. The zero-order valence-corrected chi connectivity index (χ0v) is 14.7. The predicted molar refractivity (Wildman–Crippen MR) is 90.5 cm³/mol. The fourth-order valence-corrected chi connectivity index (χ4v) is 3.81. The summed E-state index contributed by atoms with van der Waals surface area (Å²) in [6.07, 6.45) is 0.661. The summed E-state index contributed by atoms with van der Waals surface area (Å²) in [6.45, 7) is 2.02. The normalized spacial score (nSPS) is 15.9. The molecule has 0 aliphatic carbocycles. The highest BCUT2D eigenvalue weighted by Gasteiger charge is 2.24. The molecule has 0 unspecified atom stereocenters. The van der Waals surface area contributed by atoms with Crippen LogP contribution in [0.15, 0.2) is 24.3 Å². The van der Waals surface area contributed by atoms with Gasteiger partial charge in [-0.3, -0.25) is 4.79 Å². The zero-order chi connectivity index (χ0) is 17.4.